The standard InChI is InChI=1S/C16H20N2O2/c1-4-15(20-3)16(19)18(13-6-7-13)14-8-5-12(10-17)9-11(14)2/h5,8-9,13,15H,4,6-7H2,1-3H3. The third-order valence-electron chi connectivity index (χ3n) is 3.67. The molecule has 0 N–H and O–H groups in total. The Morgan fingerprint density at radius 2 is 2.25 bits per heavy atom. The number of rotatable bonds is 5. The average Bonchev–Trinajstić information content (AvgIpc) is 3.27. The molecule has 1 aromatic carbocycles. The van der Waals surface area contributed by atoms with Gasteiger partial charge in [-0.3, -0.25) is 4.79 Å². The number of ether oxygens (including phenoxy) is 1. The fraction of sp³-hybridized carbons (Fsp3) is 0.500. The van der Waals surface area contributed by atoms with E-state index in [1.165, 1.54) is 0 Å². The van der Waals surface area contributed by atoms with E-state index in [-0.39, 0.29) is 11.9 Å². The molecule has 4 nitrogen and oxygen atoms in total. The van der Waals surface area contributed by atoms with Crippen LogP contribution >= 0.6 is 0 Å². The molecule has 0 spiro atoms. The number of nitriles is 1. The van der Waals surface area contributed by atoms with E-state index < -0.39 is 6.10 Å². The molecule has 0 aromatic heterocycles. The zero-order valence-corrected chi connectivity index (χ0v) is 12.2. The molecule has 2 rings (SSSR count). The lowest BCUT2D eigenvalue weighted by atomic mass is 10.1. The topological polar surface area (TPSA) is 53.3 Å². The van der Waals surface area contributed by atoms with E-state index in [1.807, 2.05) is 30.9 Å². The molecule has 1 aliphatic rings. The maximum absolute atomic E-state index is 12.6. The van der Waals surface area contributed by atoms with Crippen molar-refractivity contribution in [1.29, 1.82) is 5.26 Å². The summed E-state index contributed by atoms with van der Waals surface area (Å²) in [5.74, 6) is 0.0188. The molecule has 1 aliphatic carbocycles. The molecule has 0 heterocycles. The second kappa shape index (κ2) is 6.06. The van der Waals surface area contributed by atoms with Gasteiger partial charge < -0.3 is 9.64 Å². The van der Waals surface area contributed by atoms with Crippen molar-refractivity contribution >= 4 is 11.6 Å². The van der Waals surface area contributed by atoms with Crippen LogP contribution in [-0.2, 0) is 9.53 Å². The zero-order chi connectivity index (χ0) is 14.7. The zero-order valence-electron chi connectivity index (χ0n) is 12.2. The predicted octanol–water partition coefficient (Wildman–Crippen LogP) is 2.79. The quantitative estimate of drug-likeness (QED) is 0.828. The number of methoxy groups -OCH3 is 1. The number of nitrogens with zero attached hydrogens (tertiary/aromatic N) is 2. The average molecular weight is 272 g/mol. The molecule has 4 heteroatoms. The Labute approximate surface area is 120 Å². The van der Waals surface area contributed by atoms with Gasteiger partial charge in [-0.15, -0.1) is 0 Å². The number of hydrogen-bond donors (Lipinski definition) is 0. The molecule has 0 saturated heterocycles. The van der Waals surface area contributed by atoms with E-state index in [0.717, 1.165) is 24.1 Å². The number of aryl methyl sites for hydroxylation is 1. The fourth-order valence-corrected chi connectivity index (χ4v) is 2.42. The van der Waals surface area contributed by atoms with E-state index in [9.17, 15) is 4.79 Å². The van der Waals surface area contributed by atoms with E-state index in [1.54, 1.807) is 13.2 Å². The number of hydrogen-bond acceptors (Lipinski definition) is 3. The Balaban J connectivity index is 2.34. The lowest BCUT2D eigenvalue weighted by Crippen LogP contribution is -2.41. The first-order valence-corrected chi connectivity index (χ1v) is 6.99. The minimum absolute atomic E-state index is 0.0188. The Kier molecular flexibility index (Phi) is 4.41. The van der Waals surface area contributed by atoms with Gasteiger partial charge in [0, 0.05) is 18.8 Å². The second-order valence-corrected chi connectivity index (χ2v) is 5.19. The molecule has 1 amide bonds. The molecule has 1 fully saturated rings. The number of anilines is 1. The summed E-state index contributed by atoms with van der Waals surface area (Å²) in [6, 6.07) is 7.86. The van der Waals surface area contributed by atoms with Crippen LogP contribution in [-0.4, -0.2) is 25.2 Å². The van der Waals surface area contributed by atoms with Crippen molar-refractivity contribution in [1.82, 2.24) is 0 Å². The van der Waals surface area contributed by atoms with Crippen molar-refractivity contribution in [3.8, 4) is 6.07 Å². The third-order valence-corrected chi connectivity index (χ3v) is 3.67. The van der Waals surface area contributed by atoms with Crippen molar-refractivity contribution in [3.63, 3.8) is 0 Å². The summed E-state index contributed by atoms with van der Waals surface area (Å²) < 4.78 is 5.28. The summed E-state index contributed by atoms with van der Waals surface area (Å²) in [6.45, 7) is 3.88. The van der Waals surface area contributed by atoms with Gasteiger partial charge in [0.1, 0.15) is 6.10 Å². The Morgan fingerprint density at radius 3 is 2.70 bits per heavy atom. The van der Waals surface area contributed by atoms with Gasteiger partial charge in [0.25, 0.3) is 5.91 Å². The van der Waals surface area contributed by atoms with E-state index in [4.69, 9.17) is 10.00 Å². The normalized spacial score (nSPS) is 15.5. The van der Waals surface area contributed by atoms with Crippen LogP contribution in [0.4, 0.5) is 5.69 Å². The minimum atomic E-state index is -0.398. The molecule has 1 aromatic rings. The Morgan fingerprint density at radius 1 is 1.55 bits per heavy atom. The van der Waals surface area contributed by atoms with Gasteiger partial charge in [0.2, 0.25) is 0 Å². The van der Waals surface area contributed by atoms with Crippen LogP contribution in [0.2, 0.25) is 0 Å². The monoisotopic (exact) mass is 272 g/mol. The lowest BCUT2D eigenvalue weighted by molar-refractivity contribution is -0.128. The largest absolute Gasteiger partial charge is 0.372 e. The maximum Gasteiger partial charge on any atom is 0.256 e. The van der Waals surface area contributed by atoms with Gasteiger partial charge in [-0.2, -0.15) is 5.26 Å². The molecule has 1 unspecified atom stereocenters. The minimum Gasteiger partial charge on any atom is -0.372 e. The predicted molar refractivity (Wildman–Crippen MR) is 77.5 cm³/mol. The van der Waals surface area contributed by atoms with Gasteiger partial charge in [-0.05, 0) is 49.9 Å². The number of benzene rings is 1. The summed E-state index contributed by atoms with van der Waals surface area (Å²) in [5, 5.41) is 8.94. The highest BCUT2D eigenvalue weighted by Crippen LogP contribution is 2.34. The molecular weight excluding hydrogens is 252 g/mol. The molecule has 0 aliphatic heterocycles. The van der Waals surface area contributed by atoms with Crippen LogP contribution < -0.4 is 4.90 Å². The van der Waals surface area contributed by atoms with E-state index in [0.29, 0.717) is 12.0 Å². The summed E-state index contributed by atoms with van der Waals surface area (Å²) >= 11 is 0. The number of carbonyl (C=O) groups is 1. The van der Waals surface area contributed by atoms with E-state index in [2.05, 4.69) is 6.07 Å². The SMILES string of the molecule is CCC(OC)C(=O)N(c1ccc(C#N)cc1C)C1CC1. The molecule has 106 valence electrons. The highest BCUT2D eigenvalue weighted by atomic mass is 16.5. The van der Waals surface area contributed by atoms with Crippen LogP contribution in [0.15, 0.2) is 18.2 Å². The second-order valence-electron chi connectivity index (χ2n) is 5.19. The molecule has 0 bridgehead atoms. The maximum atomic E-state index is 12.6. The third kappa shape index (κ3) is 2.83. The highest BCUT2D eigenvalue weighted by molar-refractivity contribution is 5.98. The van der Waals surface area contributed by atoms with Crippen molar-refractivity contribution in [3.05, 3.63) is 29.3 Å². The molecule has 1 saturated carbocycles. The first-order valence-electron chi connectivity index (χ1n) is 6.99. The van der Waals surface area contributed by atoms with Gasteiger partial charge in [-0.25, -0.2) is 0 Å². The van der Waals surface area contributed by atoms with Crippen LogP contribution in [0.1, 0.15) is 37.3 Å². The number of amides is 1. The Bertz CT molecular complexity index is 540. The first kappa shape index (κ1) is 14.5. The smallest absolute Gasteiger partial charge is 0.256 e. The van der Waals surface area contributed by atoms with Crippen molar-refractivity contribution in [2.75, 3.05) is 12.0 Å². The van der Waals surface area contributed by atoms with Crippen LogP contribution in [0.25, 0.3) is 0 Å². The molecule has 20 heavy (non-hydrogen) atoms. The molecule has 0 radical (unpaired) electrons. The fourth-order valence-electron chi connectivity index (χ4n) is 2.42. The van der Waals surface area contributed by atoms with Crippen molar-refractivity contribution < 1.29 is 9.53 Å². The highest BCUT2D eigenvalue weighted by Gasteiger charge is 2.37. The lowest BCUT2D eigenvalue weighted by Gasteiger charge is -2.27. The van der Waals surface area contributed by atoms with Gasteiger partial charge >= 0.3 is 0 Å². The van der Waals surface area contributed by atoms with Crippen LogP contribution in [0.5, 0.6) is 0 Å². The first-order chi connectivity index (χ1) is 9.62. The van der Waals surface area contributed by atoms with Crippen molar-refractivity contribution in [2.24, 2.45) is 0 Å². The summed E-state index contributed by atoms with van der Waals surface area (Å²) in [7, 11) is 1.57. The summed E-state index contributed by atoms with van der Waals surface area (Å²) in [4.78, 5) is 14.5. The van der Waals surface area contributed by atoms with Gasteiger partial charge in [-0.1, -0.05) is 6.92 Å². The van der Waals surface area contributed by atoms with Crippen LogP contribution in [0.3, 0.4) is 0 Å². The molecular formula is C16H20N2O2. The van der Waals surface area contributed by atoms with Crippen molar-refractivity contribution in [2.45, 2.75) is 45.3 Å². The summed E-state index contributed by atoms with van der Waals surface area (Å²) in [6.07, 6.45) is 2.33. The summed E-state index contributed by atoms with van der Waals surface area (Å²) in [5.41, 5.74) is 2.47. The Hall–Kier alpha value is -1.86. The number of carbonyl (C=O) groups excluding carboxylic acids is 1. The van der Waals surface area contributed by atoms with Gasteiger partial charge in [0.05, 0.1) is 11.6 Å². The van der Waals surface area contributed by atoms with Crippen LogP contribution in [0, 0.1) is 18.3 Å². The van der Waals surface area contributed by atoms with Gasteiger partial charge in [0.15, 0.2) is 0 Å². The van der Waals surface area contributed by atoms with E-state index >= 15 is 0 Å². The molecule has 1 atom stereocenters.